The number of nitrogens with zero attached hydrogens (tertiary/aromatic N) is 4. The first-order valence-electron chi connectivity index (χ1n) is 8.52. The molecule has 0 radical (unpaired) electrons. The largest absolute Gasteiger partial charge is 0.497 e. The molecule has 10 heteroatoms. The molecule has 4 rings (SSSR count). The van der Waals surface area contributed by atoms with Crippen LogP contribution in [0.25, 0.3) is 22.8 Å². The normalized spacial score (nSPS) is 10.9. The quantitative estimate of drug-likeness (QED) is 0.429. The van der Waals surface area contributed by atoms with Crippen molar-refractivity contribution in [2.24, 2.45) is 0 Å². The van der Waals surface area contributed by atoms with Gasteiger partial charge in [0.2, 0.25) is 16.9 Å². The van der Waals surface area contributed by atoms with Crippen molar-refractivity contribution in [3.63, 3.8) is 0 Å². The molecule has 0 bridgehead atoms. The number of hydrogen-bond acceptors (Lipinski definition) is 8. The van der Waals surface area contributed by atoms with E-state index in [1.54, 1.807) is 32.4 Å². The van der Waals surface area contributed by atoms with Gasteiger partial charge in [-0.05, 0) is 36.4 Å². The summed E-state index contributed by atoms with van der Waals surface area (Å²) in [6.07, 6.45) is 0. The van der Waals surface area contributed by atoms with E-state index in [4.69, 9.17) is 25.6 Å². The SMILES string of the molecule is COc1ccc(-c2nc(SCc3nc(-c4ccc(Cl)cc4)no3)n[nH]2)c(OC)c1. The van der Waals surface area contributed by atoms with Crippen molar-refractivity contribution in [3.05, 3.63) is 53.4 Å². The summed E-state index contributed by atoms with van der Waals surface area (Å²) < 4.78 is 15.9. The molecular weight excluding hydrogens is 414 g/mol. The molecule has 0 fully saturated rings. The van der Waals surface area contributed by atoms with Crippen LogP contribution < -0.4 is 9.47 Å². The topological polar surface area (TPSA) is 99.0 Å². The number of thioether (sulfide) groups is 1. The second-order valence-corrected chi connectivity index (χ2v) is 7.22. The standard InChI is InChI=1S/C19H16ClN5O3S/c1-26-13-7-8-14(15(9-13)27-2)18-22-19(24-23-18)29-10-16-21-17(25-28-16)11-3-5-12(20)6-4-11/h3-9H,10H2,1-2H3,(H,22,23,24). The van der Waals surface area contributed by atoms with E-state index < -0.39 is 0 Å². The summed E-state index contributed by atoms with van der Waals surface area (Å²) in [5.74, 6) is 3.37. The Balaban J connectivity index is 1.45. The van der Waals surface area contributed by atoms with Gasteiger partial charge in [0.05, 0.1) is 25.5 Å². The summed E-state index contributed by atoms with van der Waals surface area (Å²) in [6.45, 7) is 0. The van der Waals surface area contributed by atoms with Gasteiger partial charge in [-0.1, -0.05) is 28.5 Å². The van der Waals surface area contributed by atoms with Crippen LogP contribution in [0.2, 0.25) is 5.02 Å². The number of aromatic amines is 1. The number of hydrogen-bond donors (Lipinski definition) is 1. The molecule has 148 valence electrons. The second kappa shape index (κ2) is 8.54. The van der Waals surface area contributed by atoms with Crippen molar-refractivity contribution < 1.29 is 14.0 Å². The lowest BCUT2D eigenvalue weighted by atomic mass is 10.2. The predicted molar refractivity (Wildman–Crippen MR) is 109 cm³/mol. The highest BCUT2D eigenvalue weighted by Gasteiger charge is 2.14. The van der Waals surface area contributed by atoms with Gasteiger partial charge in [-0.25, -0.2) is 4.98 Å². The minimum atomic E-state index is 0.442. The van der Waals surface area contributed by atoms with Gasteiger partial charge in [0, 0.05) is 16.7 Å². The van der Waals surface area contributed by atoms with Gasteiger partial charge in [0.1, 0.15) is 11.5 Å². The Morgan fingerprint density at radius 3 is 2.66 bits per heavy atom. The maximum absolute atomic E-state index is 5.90. The molecule has 0 saturated heterocycles. The van der Waals surface area contributed by atoms with E-state index in [0.717, 1.165) is 11.1 Å². The number of nitrogens with one attached hydrogen (secondary N) is 1. The van der Waals surface area contributed by atoms with E-state index in [1.807, 2.05) is 24.3 Å². The van der Waals surface area contributed by atoms with E-state index in [1.165, 1.54) is 11.8 Å². The maximum atomic E-state index is 5.90. The lowest BCUT2D eigenvalue weighted by Crippen LogP contribution is -1.91. The molecule has 2 heterocycles. The number of H-pyrrole nitrogens is 1. The molecule has 0 spiro atoms. The lowest BCUT2D eigenvalue weighted by Gasteiger charge is -2.07. The Morgan fingerprint density at radius 2 is 1.90 bits per heavy atom. The smallest absolute Gasteiger partial charge is 0.237 e. The zero-order chi connectivity index (χ0) is 20.2. The summed E-state index contributed by atoms with van der Waals surface area (Å²) in [7, 11) is 3.20. The molecule has 0 saturated carbocycles. The van der Waals surface area contributed by atoms with E-state index in [-0.39, 0.29) is 0 Å². The van der Waals surface area contributed by atoms with Crippen LogP contribution in [-0.4, -0.2) is 39.5 Å². The van der Waals surface area contributed by atoms with E-state index in [9.17, 15) is 0 Å². The molecule has 0 unspecified atom stereocenters. The summed E-state index contributed by atoms with van der Waals surface area (Å²) >= 11 is 7.29. The maximum Gasteiger partial charge on any atom is 0.237 e. The molecular formula is C19H16ClN5O3S. The zero-order valence-electron chi connectivity index (χ0n) is 15.5. The van der Waals surface area contributed by atoms with Crippen LogP contribution in [0.3, 0.4) is 0 Å². The molecule has 0 aliphatic heterocycles. The third-order valence-corrected chi connectivity index (χ3v) is 5.11. The third-order valence-electron chi connectivity index (χ3n) is 4.02. The van der Waals surface area contributed by atoms with Crippen molar-refractivity contribution in [3.8, 4) is 34.3 Å². The third kappa shape index (κ3) is 4.36. The first kappa shape index (κ1) is 19.3. The summed E-state index contributed by atoms with van der Waals surface area (Å²) in [4.78, 5) is 8.90. The molecule has 0 amide bonds. The number of rotatable bonds is 7. The molecule has 0 aliphatic carbocycles. The molecule has 2 aromatic carbocycles. The van der Waals surface area contributed by atoms with Crippen LogP contribution in [-0.2, 0) is 5.75 Å². The number of benzene rings is 2. The van der Waals surface area contributed by atoms with Crippen molar-refractivity contribution in [1.29, 1.82) is 0 Å². The van der Waals surface area contributed by atoms with Gasteiger partial charge < -0.3 is 14.0 Å². The van der Waals surface area contributed by atoms with E-state index >= 15 is 0 Å². The number of methoxy groups -OCH3 is 2. The van der Waals surface area contributed by atoms with Crippen molar-refractivity contribution in [1.82, 2.24) is 25.3 Å². The average Bonchev–Trinajstić information content (AvgIpc) is 3.42. The summed E-state index contributed by atoms with van der Waals surface area (Å²) in [5.41, 5.74) is 1.62. The number of halogens is 1. The summed E-state index contributed by atoms with van der Waals surface area (Å²) in [5, 5.41) is 12.4. The van der Waals surface area contributed by atoms with E-state index in [0.29, 0.717) is 45.0 Å². The van der Waals surface area contributed by atoms with Gasteiger partial charge in [-0.3, -0.25) is 5.10 Å². The number of ether oxygens (including phenoxy) is 2. The fraction of sp³-hybridized carbons (Fsp3) is 0.158. The highest BCUT2D eigenvalue weighted by Crippen LogP contribution is 2.32. The van der Waals surface area contributed by atoms with Crippen LogP contribution in [0.15, 0.2) is 52.1 Å². The van der Waals surface area contributed by atoms with Crippen LogP contribution in [0.4, 0.5) is 0 Å². The van der Waals surface area contributed by atoms with Crippen LogP contribution in [0.5, 0.6) is 11.5 Å². The number of aromatic nitrogens is 5. The van der Waals surface area contributed by atoms with E-state index in [2.05, 4.69) is 25.3 Å². The second-order valence-electron chi connectivity index (χ2n) is 5.84. The highest BCUT2D eigenvalue weighted by atomic mass is 35.5. The predicted octanol–water partition coefficient (Wildman–Crippen LogP) is 4.48. The molecule has 0 aliphatic rings. The highest BCUT2D eigenvalue weighted by molar-refractivity contribution is 7.98. The minimum Gasteiger partial charge on any atom is -0.497 e. The minimum absolute atomic E-state index is 0.442. The van der Waals surface area contributed by atoms with Gasteiger partial charge in [-0.2, -0.15) is 4.98 Å². The Labute approximate surface area is 175 Å². The van der Waals surface area contributed by atoms with Gasteiger partial charge in [0.15, 0.2) is 5.82 Å². The molecule has 8 nitrogen and oxygen atoms in total. The fourth-order valence-electron chi connectivity index (χ4n) is 2.58. The zero-order valence-corrected chi connectivity index (χ0v) is 17.1. The Bertz CT molecular complexity index is 1110. The van der Waals surface area contributed by atoms with Gasteiger partial charge in [0.25, 0.3) is 0 Å². The molecule has 2 aromatic heterocycles. The van der Waals surface area contributed by atoms with Crippen LogP contribution >= 0.6 is 23.4 Å². The van der Waals surface area contributed by atoms with Crippen molar-refractivity contribution in [2.75, 3.05) is 14.2 Å². The molecule has 0 atom stereocenters. The summed E-state index contributed by atoms with van der Waals surface area (Å²) in [6, 6.07) is 12.7. The first-order valence-corrected chi connectivity index (χ1v) is 9.88. The van der Waals surface area contributed by atoms with Crippen LogP contribution in [0.1, 0.15) is 5.89 Å². The first-order chi connectivity index (χ1) is 14.2. The van der Waals surface area contributed by atoms with Crippen LogP contribution in [0, 0.1) is 0 Å². The lowest BCUT2D eigenvalue weighted by molar-refractivity contribution is 0.391. The molecule has 4 aromatic rings. The Kier molecular flexibility index (Phi) is 5.68. The van der Waals surface area contributed by atoms with Crippen molar-refractivity contribution in [2.45, 2.75) is 10.9 Å². The van der Waals surface area contributed by atoms with Crippen molar-refractivity contribution >= 4 is 23.4 Å². The molecule has 1 N–H and O–H groups in total. The van der Waals surface area contributed by atoms with Gasteiger partial charge in [-0.15, -0.1) is 5.10 Å². The average molecular weight is 430 g/mol. The monoisotopic (exact) mass is 429 g/mol. The molecule has 29 heavy (non-hydrogen) atoms. The Morgan fingerprint density at radius 1 is 1.07 bits per heavy atom. The van der Waals surface area contributed by atoms with Gasteiger partial charge >= 0.3 is 0 Å². The fourth-order valence-corrected chi connectivity index (χ4v) is 3.34. The Hall–Kier alpha value is -3.04.